The van der Waals surface area contributed by atoms with Crippen LogP contribution in [-0.2, 0) is 13.2 Å². The summed E-state index contributed by atoms with van der Waals surface area (Å²) in [6.07, 6.45) is 3.19. The zero-order valence-electron chi connectivity index (χ0n) is 14.2. The highest BCUT2D eigenvalue weighted by Crippen LogP contribution is 2.30. The second-order valence-electron chi connectivity index (χ2n) is 5.46. The van der Waals surface area contributed by atoms with E-state index in [1.807, 2.05) is 31.2 Å². The van der Waals surface area contributed by atoms with Crippen molar-refractivity contribution in [3.63, 3.8) is 0 Å². The van der Waals surface area contributed by atoms with Gasteiger partial charge in [-0.3, -0.25) is 0 Å². The Bertz CT molecular complexity index is 856. The minimum Gasteiger partial charge on any atom is -0.490 e. The molecule has 1 heterocycles. The molecule has 1 aromatic heterocycles. The van der Waals surface area contributed by atoms with Crippen molar-refractivity contribution in [1.29, 1.82) is 0 Å². The first-order valence-corrected chi connectivity index (χ1v) is 8.82. The van der Waals surface area contributed by atoms with Crippen molar-refractivity contribution in [3.8, 4) is 11.5 Å². The van der Waals surface area contributed by atoms with Crippen molar-refractivity contribution >= 4 is 23.2 Å². The quantitative estimate of drug-likeness (QED) is 0.618. The van der Waals surface area contributed by atoms with Gasteiger partial charge < -0.3 is 14.9 Å². The van der Waals surface area contributed by atoms with Crippen molar-refractivity contribution in [3.05, 3.63) is 70.2 Å². The van der Waals surface area contributed by atoms with Gasteiger partial charge in [-0.1, -0.05) is 35.3 Å². The van der Waals surface area contributed by atoms with Crippen LogP contribution >= 0.6 is 23.2 Å². The molecule has 0 atom stereocenters. The van der Waals surface area contributed by atoms with Gasteiger partial charge in [-0.15, -0.1) is 10.2 Å². The number of nitrogens with one attached hydrogen (secondary N) is 1. The van der Waals surface area contributed by atoms with Gasteiger partial charge in [0.2, 0.25) is 0 Å². The number of ether oxygens (including phenoxy) is 2. The Kier molecular flexibility index (Phi) is 6.20. The molecular formula is C18H18Cl2N4O2. The van der Waals surface area contributed by atoms with E-state index < -0.39 is 0 Å². The first kappa shape index (κ1) is 18.4. The molecule has 8 heteroatoms. The fraction of sp³-hybridized carbons (Fsp3) is 0.222. The Hall–Kier alpha value is -2.44. The predicted octanol–water partition coefficient (Wildman–Crippen LogP) is 4.31. The smallest absolute Gasteiger partial charge is 0.161 e. The van der Waals surface area contributed by atoms with Crippen LogP contribution in [-0.4, -0.2) is 21.5 Å². The minimum absolute atomic E-state index is 0.370. The van der Waals surface area contributed by atoms with Crippen molar-refractivity contribution in [2.45, 2.75) is 20.1 Å². The fourth-order valence-corrected chi connectivity index (χ4v) is 2.63. The van der Waals surface area contributed by atoms with E-state index in [-0.39, 0.29) is 0 Å². The summed E-state index contributed by atoms with van der Waals surface area (Å²) in [6.45, 7) is 3.46. The molecule has 0 bridgehead atoms. The van der Waals surface area contributed by atoms with Gasteiger partial charge in [-0.2, -0.15) is 0 Å². The molecule has 0 spiro atoms. The Balaban J connectivity index is 1.68. The van der Waals surface area contributed by atoms with Crippen molar-refractivity contribution < 1.29 is 9.47 Å². The van der Waals surface area contributed by atoms with E-state index in [9.17, 15) is 0 Å². The predicted molar refractivity (Wildman–Crippen MR) is 101 cm³/mol. The molecular weight excluding hydrogens is 375 g/mol. The average Bonchev–Trinajstić information content (AvgIpc) is 3.16. The second kappa shape index (κ2) is 8.78. The van der Waals surface area contributed by atoms with Gasteiger partial charge in [0.25, 0.3) is 0 Å². The lowest BCUT2D eigenvalue weighted by Gasteiger charge is -2.14. The summed E-state index contributed by atoms with van der Waals surface area (Å²) in [6, 6.07) is 11.3. The van der Waals surface area contributed by atoms with E-state index >= 15 is 0 Å². The molecule has 2 aromatic carbocycles. The SMILES string of the molecule is CCOc1cc(CNn2cnnc2)ccc1OCc1ccc(Cl)c(Cl)c1. The molecule has 0 radical (unpaired) electrons. The van der Waals surface area contributed by atoms with E-state index in [0.29, 0.717) is 41.3 Å². The zero-order chi connectivity index (χ0) is 18.4. The Labute approximate surface area is 161 Å². The van der Waals surface area contributed by atoms with Gasteiger partial charge in [0.15, 0.2) is 11.5 Å². The van der Waals surface area contributed by atoms with Crippen LogP contribution in [0.5, 0.6) is 11.5 Å². The normalized spacial score (nSPS) is 10.6. The lowest BCUT2D eigenvalue weighted by molar-refractivity contribution is 0.269. The molecule has 0 fully saturated rings. The largest absolute Gasteiger partial charge is 0.490 e. The highest BCUT2D eigenvalue weighted by molar-refractivity contribution is 6.42. The van der Waals surface area contributed by atoms with E-state index in [1.165, 1.54) is 0 Å². The maximum absolute atomic E-state index is 6.04. The van der Waals surface area contributed by atoms with Crippen molar-refractivity contribution in [2.75, 3.05) is 12.0 Å². The number of benzene rings is 2. The van der Waals surface area contributed by atoms with Crippen LogP contribution in [0.3, 0.4) is 0 Å². The third kappa shape index (κ3) is 4.80. The Morgan fingerprint density at radius 2 is 1.69 bits per heavy atom. The fourth-order valence-electron chi connectivity index (χ4n) is 2.31. The van der Waals surface area contributed by atoms with Gasteiger partial charge in [0.05, 0.1) is 23.2 Å². The number of hydrogen-bond donors (Lipinski definition) is 1. The van der Waals surface area contributed by atoms with E-state index in [1.54, 1.807) is 29.5 Å². The number of halogens is 2. The van der Waals surface area contributed by atoms with Crippen LogP contribution in [0.4, 0.5) is 0 Å². The molecule has 6 nitrogen and oxygen atoms in total. The average molecular weight is 393 g/mol. The molecule has 3 rings (SSSR count). The number of hydrogen-bond acceptors (Lipinski definition) is 5. The van der Waals surface area contributed by atoms with Crippen LogP contribution in [0, 0.1) is 0 Å². The van der Waals surface area contributed by atoms with Gasteiger partial charge in [0, 0.05) is 0 Å². The van der Waals surface area contributed by atoms with E-state index in [2.05, 4.69) is 15.6 Å². The lowest BCUT2D eigenvalue weighted by atomic mass is 10.2. The zero-order valence-corrected chi connectivity index (χ0v) is 15.7. The topological polar surface area (TPSA) is 61.2 Å². The molecule has 0 aliphatic heterocycles. The third-order valence-corrected chi connectivity index (χ3v) is 4.31. The Morgan fingerprint density at radius 1 is 0.923 bits per heavy atom. The molecule has 0 saturated carbocycles. The van der Waals surface area contributed by atoms with Crippen LogP contribution < -0.4 is 14.9 Å². The maximum atomic E-state index is 6.04. The molecule has 0 amide bonds. The van der Waals surface area contributed by atoms with Crippen LogP contribution in [0.25, 0.3) is 0 Å². The molecule has 0 unspecified atom stereocenters. The van der Waals surface area contributed by atoms with Crippen LogP contribution in [0.1, 0.15) is 18.1 Å². The first-order valence-electron chi connectivity index (χ1n) is 8.06. The summed E-state index contributed by atoms with van der Waals surface area (Å²) in [5.74, 6) is 1.36. The van der Waals surface area contributed by atoms with E-state index in [0.717, 1.165) is 11.1 Å². The maximum Gasteiger partial charge on any atom is 0.161 e. The molecule has 1 N–H and O–H groups in total. The van der Waals surface area contributed by atoms with Crippen molar-refractivity contribution in [2.24, 2.45) is 0 Å². The Morgan fingerprint density at radius 3 is 2.42 bits per heavy atom. The standard InChI is InChI=1S/C18H18Cl2N4O2/c1-2-25-18-8-13(9-23-24-11-21-22-12-24)4-6-17(18)26-10-14-3-5-15(19)16(20)7-14/h3-8,11-12,23H,2,9-10H2,1H3. The number of rotatable bonds is 8. The molecule has 0 aliphatic carbocycles. The molecule has 136 valence electrons. The monoisotopic (exact) mass is 392 g/mol. The second-order valence-corrected chi connectivity index (χ2v) is 6.27. The summed E-state index contributed by atoms with van der Waals surface area (Å²) < 4.78 is 13.3. The van der Waals surface area contributed by atoms with E-state index in [4.69, 9.17) is 32.7 Å². The van der Waals surface area contributed by atoms with Gasteiger partial charge in [0.1, 0.15) is 19.3 Å². The summed E-state index contributed by atoms with van der Waals surface area (Å²) in [4.78, 5) is 0. The summed E-state index contributed by atoms with van der Waals surface area (Å²) in [5, 5.41) is 8.53. The summed E-state index contributed by atoms with van der Waals surface area (Å²) in [7, 11) is 0. The highest BCUT2D eigenvalue weighted by Gasteiger charge is 2.08. The highest BCUT2D eigenvalue weighted by atomic mass is 35.5. The molecule has 26 heavy (non-hydrogen) atoms. The van der Waals surface area contributed by atoms with Crippen molar-refractivity contribution in [1.82, 2.24) is 14.9 Å². The number of aromatic nitrogens is 3. The molecule has 3 aromatic rings. The van der Waals surface area contributed by atoms with Crippen LogP contribution in [0.2, 0.25) is 10.0 Å². The first-order chi connectivity index (χ1) is 12.7. The van der Waals surface area contributed by atoms with Gasteiger partial charge in [-0.05, 0) is 42.3 Å². The number of nitrogens with zero attached hydrogens (tertiary/aromatic N) is 3. The minimum atomic E-state index is 0.370. The molecule has 0 aliphatic rings. The third-order valence-electron chi connectivity index (χ3n) is 3.57. The molecule has 0 saturated heterocycles. The van der Waals surface area contributed by atoms with Crippen LogP contribution in [0.15, 0.2) is 49.1 Å². The lowest BCUT2D eigenvalue weighted by Crippen LogP contribution is -2.12. The summed E-state index contributed by atoms with van der Waals surface area (Å²) >= 11 is 12.0. The van der Waals surface area contributed by atoms with Gasteiger partial charge in [-0.25, -0.2) is 4.68 Å². The summed E-state index contributed by atoms with van der Waals surface area (Å²) in [5.41, 5.74) is 5.14. The van der Waals surface area contributed by atoms with Gasteiger partial charge >= 0.3 is 0 Å².